The van der Waals surface area contributed by atoms with E-state index in [9.17, 15) is 4.79 Å². The van der Waals surface area contributed by atoms with Crippen molar-refractivity contribution in [3.63, 3.8) is 0 Å². The van der Waals surface area contributed by atoms with Gasteiger partial charge in [-0.25, -0.2) is 4.98 Å². The molecule has 0 spiro atoms. The van der Waals surface area contributed by atoms with Crippen LogP contribution in [0.1, 0.15) is 0 Å². The first-order valence-corrected chi connectivity index (χ1v) is 7.65. The number of thiophene rings is 1. The van der Waals surface area contributed by atoms with Gasteiger partial charge in [-0.2, -0.15) is 5.10 Å². The van der Waals surface area contributed by atoms with Crippen molar-refractivity contribution in [2.24, 2.45) is 7.05 Å². The van der Waals surface area contributed by atoms with Crippen molar-refractivity contribution in [2.75, 3.05) is 0 Å². The Labute approximate surface area is 142 Å². The fourth-order valence-corrected chi connectivity index (χ4v) is 3.35. The predicted molar refractivity (Wildman–Crippen MR) is 95.1 cm³/mol. The quantitative estimate of drug-likeness (QED) is 0.605. The first-order chi connectivity index (χ1) is 10.7. The third kappa shape index (κ3) is 2.78. The maximum Gasteiger partial charge on any atom is 0.248 e. The van der Waals surface area contributed by atoms with Gasteiger partial charge in [-0.3, -0.25) is 9.48 Å². The highest BCUT2D eigenvalue weighted by Gasteiger charge is 2.11. The number of rotatable bonds is 2. The van der Waals surface area contributed by atoms with E-state index in [0.717, 1.165) is 32.6 Å². The summed E-state index contributed by atoms with van der Waals surface area (Å²) < 4.78 is 2.86. The molecule has 116 valence electrons. The van der Waals surface area contributed by atoms with Crippen molar-refractivity contribution < 1.29 is 0 Å². The maximum atomic E-state index is 11.5. The van der Waals surface area contributed by atoms with Gasteiger partial charge in [0, 0.05) is 42.0 Å². The topological polar surface area (TPSA) is 63.6 Å². The summed E-state index contributed by atoms with van der Waals surface area (Å²) in [4.78, 5) is 18.9. The summed E-state index contributed by atoms with van der Waals surface area (Å²) in [5.74, 6) is 0. The number of aryl methyl sites for hydroxylation is 1. The van der Waals surface area contributed by atoms with Gasteiger partial charge in [-0.05, 0) is 23.8 Å². The van der Waals surface area contributed by atoms with Gasteiger partial charge in [0.2, 0.25) is 5.56 Å². The predicted octanol–water partition coefficient (Wildman–Crippen LogP) is 3.47. The lowest BCUT2D eigenvalue weighted by Crippen LogP contribution is -2.01. The zero-order valence-corrected chi connectivity index (χ0v) is 13.8. The molecule has 0 unspecified atom stereocenters. The van der Waals surface area contributed by atoms with E-state index >= 15 is 0 Å². The molecule has 0 aliphatic heterocycles. The molecule has 0 atom stereocenters. The van der Waals surface area contributed by atoms with Crippen molar-refractivity contribution in [3.8, 4) is 22.4 Å². The Bertz CT molecular complexity index is 1030. The first kappa shape index (κ1) is 15.5. The van der Waals surface area contributed by atoms with Crippen LogP contribution in [0.5, 0.6) is 0 Å². The van der Waals surface area contributed by atoms with Crippen LogP contribution in [0.3, 0.4) is 0 Å². The van der Waals surface area contributed by atoms with Crippen LogP contribution in [0.25, 0.3) is 32.6 Å². The van der Waals surface area contributed by atoms with Crippen LogP contribution in [-0.2, 0) is 7.05 Å². The van der Waals surface area contributed by atoms with E-state index in [4.69, 9.17) is 4.98 Å². The molecule has 4 heterocycles. The van der Waals surface area contributed by atoms with Crippen LogP contribution < -0.4 is 5.56 Å². The molecular weight excluding hydrogens is 332 g/mol. The second kappa shape index (κ2) is 5.98. The molecule has 4 aromatic rings. The maximum absolute atomic E-state index is 11.5. The number of nitrogens with one attached hydrogen (secondary N) is 1. The zero-order valence-electron chi connectivity index (χ0n) is 12.2. The van der Waals surface area contributed by atoms with Gasteiger partial charge < -0.3 is 4.98 Å². The molecule has 0 aliphatic rings. The molecule has 7 heteroatoms. The van der Waals surface area contributed by atoms with Crippen molar-refractivity contribution in [1.29, 1.82) is 0 Å². The highest BCUT2D eigenvalue weighted by Crippen LogP contribution is 2.33. The Morgan fingerprint density at radius 3 is 2.83 bits per heavy atom. The monoisotopic (exact) mass is 344 g/mol. The van der Waals surface area contributed by atoms with Crippen LogP contribution in [0.4, 0.5) is 0 Å². The van der Waals surface area contributed by atoms with Crippen molar-refractivity contribution >= 4 is 34.0 Å². The molecule has 23 heavy (non-hydrogen) atoms. The lowest BCUT2D eigenvalue weighted by atomic mass is 10.1. The fraction of sp³-hybridized carbons (Fsp3) is 0.0625. The molecule has 0 saturated heterocycles. The summed E-state index contributed by atoms with van der Waals surface area (Å²) in [6, 6.07) is 7.55. The van der Waals surface area contributed by atoms with Gasteiger partial charge in [0.25, 0.3) is 0 Å². The number of pyridine rings is 2. The van der Waals surface area contributed by atoms with Crippen LogP contribution in [-0.4, -0.2) is 19.7 Å². The molecule has 5 nitrogen and oxygen atoms in total. The van der Waals surface area contributed by atoms with E-state index in [-0.39, 0.29) is 18.0 Å². The molecule has 1 N–H and O–H groups in total. The number of hydrogen-bond acceptors (Lipinski definition) is 4. The highest BCUT2D eigenvalue weighted by molar-refractivity contribution is 7.17. The number of aromatic amines is 1. The van der Waals surface area contributed by atoms with E-state index < -0.39 is 0 Å². The summed E-state index contributed by atoms with van der Waals surface area (Å²) in [6.07, 6.45) is 5.40. The van der Waals surface area contributed by atoms with Crippen molar-refractivity contribution in [2.45, 2.75) is 0 Å². The number of halogens is 1. The minimum absolute atomic E-state index is 0. The van der Waals surface area contributed by atoms with Gasteiger partial charge in [0.05, 0.1) is 22.1 Å². The number of fused-ring (bicyclic) bond motifs is 1. The smallest absolute Gasteiger partial charge is 0.248 e. The van der Waals surface area contributed by atoms with Crippen molar-refractivity contribution in [1.82, 2.24) is 19.7 Å². The average molecular weight is 345 g/mol. The van der Waals surface area contributed by atoms with E-state index in [0.29, 0.717) is 0 Å². The average Bonchev–Trinajstić information content (AvgIpc) is 3.12. The lowest BCUT2D eigenvalue weighted by molar-refractivity contribution is 0.768. The summed E-state index contributed by atoms with van der Waals surface area (Å²) in [5.41, 5.74) is 4.53. The summed E-state index contributed by atoms with van der Waals surface area (Å²) in [6.45, 7) is 0. The minimum Gasteiger partial charge on any atom is -0.329 e. The second-order valence-electron chi connectivity index (χ2n) is 5.04. The molecule has 0 saturated carbocycles. The standard InChI is InChI=1S/C16H12N4OS.ClH/c1-20-8-11(7-18-20)13-2-3-14-16(19-13)12(9-22-14)10-4-5-17-15(21)6-10;/h2-9H,1H3,(H,17,21);1H. The van der Waals surface area contributed by atoms with E-state index in [1.807, 2.05) is 30.8 Å². The lowest BCUT2D eigenvalue weighted by Gasteiger charge is -2.01. The molecule has 4 rings (SSSR count). The van der Waals surface area contributed by atoms with E-state index in [2.05, 4.69) is 16.1 Å². The van der Waals surface area contributed by atoms with Crippen LogP contribution in [0.15, 0.2) is 53.0 Å². The number of hydrogen-bond donors (Lipinski definition) is 1. The van der Waals surface area contributed by atoms with Gasteiger partial charge in [0.15, 0.2) is 0 Å². The molecule has 0 radical (unpaired) electrons. The van der Waals surface area contributed by atoms with Crippen molar-refractivity contribution in [3.05, 3.63) is 58.6 Å². The van der Waals surface area contributed by atoms with Gasteiger partial charge in [0.1, 0.15) is 0 Å². The SMILES string of the molecule is Cl.Cn1cc(-c2ccc3scc(-c4cc[nH]c(=O)c4)c3n2)cn1. The molecule has 0 aliphatic carbocycles. The van der Waals surface area contributed by atoms with Crippen LogP contribution >= 0.6 is 23.7 Å². The number of aromatic nitrogens is 4. The number of nitrogens with zero attached hydrogens (tertiary/aromatic N) is 3. The highest BCUT2D eigenvalue weighted by atomic mass is 35.5. The normalized spacial score (nSPS) is 10.7. The van der Waals surface area contributed by atoms with Crippen LogP contribution in [0.2, 0.25) is 0 Å². The minimum atomic E-state index is -0.111. The molecule has 4 aromatic heterocycles. The Balaban J connectivity index is 0.00000156. The van der Waals surface area contributed by atoms with Gasteiger partial charge >= 0.3 is 0 Å². The first-order valence-electron chi connectivity index (χ1n) is 6.77. The molecular formula is C16H13ClN4OS. The summed E-state index contributed by atoms with van der Waals surface area (Å²) in [7, 11) is 1.88. The van der Waals surface area contributed by atoms with E-state index in [1.54, 1.807) is 34.5 Å². The molecule has 0 bridgehead atoms. The third-order valence-electron chi connectivity index (χ3n) is 3.50. The van der Waals surface area contributed by atoms with E-state index in [1.165, 1.54) is 0 Å². The Kier molecular flexibility index (Phi) is 4.02. The molecule has 0 fully saturated rings. The summed E-state index contributed by atoms with van der Waals surface area (Å²) >= 11 is 1.63. The Morgan fingerprint density at radius 1 is 1.22 bits per heavy atom. The molecule has 0 amide bonds. The second-order valence-corrected chi connectivity index (χ2v) is 5.95. The summed E-state index contributed by atoms with van der Waals surface area (Å²) in [5, 5.41) is 6.23. The van der Waals surface area contributed by atoms with Gasteiger partial charge in [-0.15, -0.1) is 23.7 Å². The number of H-pyrrole nitrogens is 1. The fourth-order valence-electron chi connectivity index (χ4n) is 2.44. The Morgan fingerprint density at radius 2 is 2.09 bits per heavy atom. The largest absolute Gasteiger partial charge is 0.329 e. The van der Waals surface area contributed by atoms with Gasteiger partial charge in [-0.1, -0.05) is 0 Å². The van der Waals surface area contributed by atoms with Crippen LogP contribution in [0, 0.1) is 0 Å². The zero-order chi connectivity index (χ0) is 15.1. The Hall–Kier alpha value is -2.44. The third-order valence-corrected chi connectivity index (χ3v) is 4.44. The molecule has 0 aromatic carbocycles.